The van der Waals surface area contributed by atoms with E-state index in [2.05, 4.69) is 10.3 Å². The van der Waals surface area contributed by atoms with Crippen molar-refractivity contribution in [3.8, 4) is 6.07 Å². The molecule has 1 N–H and O–H groups in total. The van der Waals surface area contributed by atoms with Gasteiger partial charge in [-0.25, -0.2) is 13.4 Å². The summed E-state index contributed by atoms with van der Waals surface area (Å²) in [6.45, 7) is 0. The van der Waals surface area contributed by atoms with Crippen molar-refractivity contribution in [3.63, 3.8) is 0 Å². The molecular formula is C20H14ClN3O2S2. The molecule has 0 unspecified atom stereocenters. The van der Waals surface area contributed by atoms with Gasteiger partial charge in [0, 0.05) is 28.0 Å². The Balaban J connectivity index is 1.74. The zero-order valence-corrected chi connectivity index (χ0v) is 16.8. The number of aromatic nitrogens is 1. The van der Waals surface area contributed by atoms with Crippen molar-refractivity contribution >= 4 is 38.9 Å². The monoisotopic (exact) mass is 427 g/mol. The van der Waals surface area contributed by atoms with E-state index in [9.17, 15) is 13.7 Å². The molecule has 0 aliphatic carbocycles. The van der Waals surface area contributed by atoms with E-state index in [0.29, 0.717) is 10.7 Å². The molecule has 0 fully saturated rings. The van der Waals surface area contributed by atoms with E-state index in [1.807, 2.05) is 30.3 Å². The molecule has 1 aromatic heterocycles. The number of hydrogen-bond acceptors (Lipinski definition) is 6. The van der Waals surface area contributed by atoms with E-state index in [1.165, 1.54) is 42.2 Å². The molecule has 0 amide bonds. The maximum absolute atomic E-state index is 12.6. The summed E-state index contributed by atoms with van der Waals surface area (Å²) in [5.74, 6) is 0. The SMILES string of the molecule is N#CC(=CNc1ccc(Sc2ccccn2)cc1)S(=O)(=O)c1ccc(Cl)cc1. The second kappa shape index (κ2) is 8.93. The van der Waals surface area contributed by atoms with Crippen molar-refractivity contribution in [2.75, 3.05) is 5.32 Å². The predicted octanol–water partition coefficient (Wildman–Crippen LogP) is 5.14. The van der Waals surface area contributed by atoms with Gasteiger partial charge in [0.2, 0.25) is 9.84 Å². The Kier molecular flexibility index (Phi) is 6.37. The van der Waals surface area contributed by atoms with Crippen LogP contribution >= 0.6 is 23.4 Å². The van der Waals surface area contributed by atoms with Crippen LogP contribution in [0.15, 0.2) is 98.8 Å². The number of rotatable bonds is 6. The maximum Gasteiger partial charge on any atom is 0.218 e. The molecule has 5 nitrogen and oxygen atoms in total. The summed E-state index contributed by atoms with van der Waals surface area (Å²) in [4.78, 5) is 4.86. The van der Waals surface area contributed by atoms with E-state index in [-0.39, 0.29) is 9.80 Å². The molecule has 2 aromatic carbocycles. The first-order valence-corrected chi connectivity index (χ1v) is 10.7. The number of anilines is 1. The van der Waals surface area contributed by atoms with Crippen LogP contribution in [0, 0.1) is 11.3 Å². The first-order chi connectivity index (χ1) is 13.5. The second-order valence-corrected chi connectivity index (χ2v) is 8.96. The van der Waals surface area contributed by atoms with Crippen LogP contribution in [0.1, 0.15) is 0 Å². The molecular weight excluding hydrogens is 414 g/mol. The fourth-order valence-corrected chi connectivity index (χ4v) is 4.19. The van der Waals surface area contributed by atoms with Crippen molar-refractivity contribution < 1.29 is 8.42 Å². The lowest BCUT2D eigenvalue weighted by atomic mass is 10.3. The summed E-state index contributed by atoms with van der Waals surface area (Å²) >= 11 is 7.30. The highest BCUT2D eigenvalue weighted by atomic mass is 35.5. The summed E-state index contributed by atoms with van der Waals surface area (Å²) in [6, 6.07) is 20.5. The quantitative estimate of drug-likeness (QED) is 0.548. The Morgan fingerprint density at radius 1 is 1.07 bits per heavy atom. The van der Waals surface area contributed by atoms with Crippen molar-refractivity contribution in [1.82, 2.24) is 4.98 Å². The molecule has 0 bridgehead atoms. The van der Waals surface area contributed by atoms with Gasteiger partial charge in [0.1, 0.15) is 11.1 Å². The molecule has 140 valence electrons. The number of hydrogen-bond donors (Lipinski definition) is 1. The summed E-state index contributed by atoms with van der Waals surface area (Å²) in [5, 5.41) is 13.4. The van der Waals surface area contributed by atoms with Crippen LogP contribution in [0.5, 0.6) is 0 Å². The van der Waals surface area contributed by atoms with Gasteiger partial charge in [-0.2, -0.15) is 5.26 Å². The fraction of sp³-hybridized carbons (Fsp3) is 0. The van der Waals surface area contributed by atoms with Crippen LogP contribution in [0.25, 0.3) is 0 Å². The van der Waals surface area contributed by atoms with Gasteiger partial charge in [-0.3, -0.25) is 0 Å². The average Bonchev–Trinajstić information content (AvgIpc) is 2.70. The van der Waals surface area contributed by atoms with Crippen LogP contribution < -0.4 is 5.32 Å². The number of nitrogens with one attached hydrogen (secondary N) is 1. The Hall–Kier alpha value is -2.79. The van der Waals surface area contributed by atoms with Gasteiger partial charge in [-0.05, 0) is 60.7 Å². The van der Waals surface area contributed by atoms with E-state index >= 15 is 0 Å². The summed E-state index contributed by atoms with van der Waals surface area (Å²) in [5.41, 5.74) is 0.657. The van der Waals surface area contributed by atoms with Gasteiger partial charge in [-0.15, -0.1) is 0 Å². The predicted molar refractivity (Wildman–Crippen MR) is 111 cm³/mol. The largest absolute Gasteiger partial charge is 0.360 e. The van der Waals surface area contributed by atoms with Gasteiger partial charge < -0.3 is 5.32 Å². The summed E-state index contributed by atoms with van der Waals surface area (Å²) in [6.07, 6.45) is 2.92. The molecule has 0 aliphatic rings. The van der Waals surface area contributed by atoms with Crippen molar-refractivity contribution in [2.24, 2.45) is 0 Å². The Morgan fingerprint density at radius 2 is 1.79 bits per heavy atom. The van der Waals surface area contributed by atoms with Crippen LogP contribution in [0.4, 0.5) is 5.69 Å². The minimum Gasteiger partial charge on any atom is -0.360 e. The van der Waals surface area contributed by atoms with Gasteiger partial charge >= 0.3 is 0 Å². The van der Waals surface area contributed by atoms with Crippen molar-refractivity contribution in [1.29, 1.82) is 5.26 Å². The zero-order chi connectivity index (χ0) is 20.0. The highest BCUT2D eigenvalue weighted by Gasteiger charge is 2.20. The van der Waals surface area contributed by atoms with E-state index in [1.54, 1.807) is 24.4 Å². The number of nitriles is 1. The highest BCUT2D eigenvalue weighted by Crippen LogP contribution is 2.27. The molecule has 1 heterocycles. The Morgan fingerprint density at radius 3 is 2.39 bits per heavy atom. The minimum atomic E-state index is -3.92. The van der Waals surface area contributed by atoms with Crippen molar-refractivity contribution in [3.05, 3.63) is 89.1 Å². The molecule has 3 aromatic rings. The maximum atomic E-state index is 12.6. The first-order valence-electron chi connectivity index (χ1n) is 8.05. The molecule has 28 heavy (non-hydrogen) atoms. The molecule has 0 spiro atoms. The molecule has 0 atom stereocenters. The minimum absolute atomic E-state index is 0.00797. The third kappa shape index (κ3) is 4.93. The number of benzene rings is 2. The first kappa shape index (κ1) is 20.0. The van der Waals surface area contributed by atoms with E-state index < -0.39 is 9.84 Å². The number of pyridine rings is 1. The van der Waals surface area contributed by atoms with Crippen LogP contribution in [0.3, 0.4) is 0 Å². The number of allylic oxidation sites excluding steroid dienone is 1. The van der Waals surface area contributed by atoms with E-state index in [0.717, 1.165) is 9.92 Å². The number of sulfone groups is 1. The average molecular weight is 428 g/mol. The zero-order valence-electron chi connectivity index (χ0n) is 14.4. The molecule has 8 heteroatoms. The fourth-order valence-electron chi connectivity index (χ4n) is 2.21. The van der Waals surface area contributed by atoms with Gasteiger partial charge in [0.25, 0.3) is 0 Å². The molecule has 0 saturated carbocycles. The molecule has 0 aliphatic heterocycles. The Labute approximate surface area is 172 Å². The Bertz CT molecular complexity index is 1120. The summed E-state index contributed by atoms with van der Waals surface area (Å²) < 4.78 is 25.1. The third-order valence-electron chi connectivity index (χ3n) is 3.61. The lowest BCUT2D eigenvalue weighted by Crippen LogP contribution is -2.05. The molecule has 3 rings (SSSR count). The third-order valence-corrected chi connectivity index (χ3v) is 6.50. The molecule has 0 radical (unpaired) electrons. The van der Waals surface area contributed by atoms with E-state index in [4.69, 9.17) is 11.6 Å². The normalized spacial score (nSPS) is 11.6. The smallest absolute Gasteiger partial charge is 0.218 e. The summed E-state index contributed by atoms with van der Waals surface area (Å²) in [7, 11) is -3.92. The van der Waals surface area contributed by atoms with Gasteiger partial charge in [0.05, 0.1) is 4.90 Å². The topological polar surface area (TPSA) is 82.8 Å². The van der Waals surface area contributed by atoms with Gasteiger partial charge in [0.15, 0.2) is 4.91 Å². The number of nitrogens with zero attached hydrogens (tertiary/aromatic N) is 2. The standard InChI is InChI=1S/C20H14ClN3O2S2/c21-15-4-10-18(11-5-15)28(25,26)19(13-22)14-24-16-6-8-17(9-7-16)27-20-3-1-2-12-23-20/h1-12,14,24H. The highest BCUT2D eigenvalue weighted by molar-refractivity contribution is 7.99. The van der Waals surface area contributed by atoms with Gasteiger partial charge in [-0.1, -0.05) is 29.4 Å². The van der Waals surface area contributed by atoms with Crippen LogP contribution in [0.2, 0.25) is 5.02 Å². The second-order valence-electron chi connectivity index (χ2n) is 5.52. The lowest BCUT2D eigenvalue weighted by molar-refractivity contribution is 0.603. The van der Waals surface area contributed by atoms with Crippen LogP contribution in [-0.4, -0.2) is 13.4 Å². The molecule has 0 saturated heterocycles. The number of halogens is 1. The van der Waals surface area contributed by atoms with Crippen LogP contribution in [-0.2, 0) is 9.84 Å². The lowest BCUT2D eigenvalue weighted by Gasteiger charge is -2.06. The van der Waals surface area contributed by atoms with Crippen molar-refractivity contribution in [2.45, 2.75) is 14.8 Å².